The Morgan fingerprint density at radius 1 is 1.23 bits per heavy atom. The monoisotopic (exact) mass is 437 g/mol. The van der Waals surface area contributed by atoms with Crippen LogP contribution in [-0.2, 0) is 10.0 Å². The molecule has 0 radical (unpaired) electrons. The number of anilines is 1. The van der Waals surface area contributed by atoms with Crippen molar-refractivity contribution < 1.29 is 17.3 Å². The Kier molecular flexibility index (Phi) is 7.11. The molecule has 0 bridgehead atoms. The molecule has 1 N–H and O–H groups in total. The van der Waals surface area contributed by atoms with Crippen molar-refractivity contribution in [2.24, 2.45) is 0 Å². The van der Waals surface area contributed by atoms with Gasteiger partial charge in [-0.2, -0.15) is 0 Å². The number of benzene rings is 1. The van der Waals surface area contributed by atoms with Crippen LogP contribution in [0.25, 0.3) is 6.08 Å². The third-order valence-electron chi connectivity index (χ3n) is 4.91. The lowest BCUT2D eigenvalue weighted by molar-refractivity contribution is 0.261. The summed E-state index contributed by atoms with van der Waals surface area (Å²) in [6, 6.07) is 6.75. The van der Waals surface area contributed by atoms with Crippen LogP contribution in [-0.4, -0.2) is 76.7 Å². The molecule has 0 aliphatic carbocycles. The van der Waals surface area contributed by atoms with Crippen molar-refractivity contribution in [3.63, 3.8) is 0 Å². The summed E-state index contributed by atoms with van der Waals surface area (Å²) in [5.41, 5.74) is 0.929. The smallest absolute Gasteiger partial charge is 0.246 e. The first kappa shape index (κ1) is 22.3. The molecule has 1 aliphatic heterocycles. The normalized spacial score (nSPS) is 15.8. The van der Waals surface area contributed by atoms with E-state index in [1.807, 2.05) is 25.1 Å². The first-order chi connectivity index (χ1) is 14.3. The Labute approximate surface area is 177 Å². The Hall–Kier alpha value is -2.43. The average molecular weight is 438 g/mol. The minimum atomic E-state index is -3.75. The van der Waals surface area contributed by atoms with Crippen LogP contribution in [0, 0.1) is 12.7 Å². The number of nitrogens with one attached hydrogen (secondary N) is 1. The zero-order chi connectivity index (χ0) is 21.7. The van der Waals surface area contributed by atoms with Gasteiger partial charge in [-0.1, -0.05) is 17.3 Å². The van der Waals surface area contributed by atoms with Gasteiger partial charge in [-0.15, -0.1) is 0 Å². The summed E-state index contributed by atoms with van der Waals surface area (Å²) in [6.45, 7) is 5.29. The number of aromatic nitrogens is 1. The maximum Gasteiger partial charge on any atom is 0.246 e. The van der Waals surface area contributed by atoms with Crippen LogP contribution in [0.15, 0.2) is 39.9 Å². The lowest BCUT2D eigenvalue weighted by Gasteiger charge is -2.36. The molecule has 2 heterocycles. The van der Waals surface area contributed by atoms with Crippen LogP contribution in [0.3, 0.4) is 0 Å². The highest BCUT2D eigenvalue weighted by molar-refractivity contribution is 7.89. The summed E-state index contributed by atoms with van der Waals surface area (Å²) in [5, 5.41) is 3.79. The van der Waals surface area contributed by atoms with Crippen molar-refractivity contribution in [1.82, 2.24) is 19.7 Å². The van der Waals surface area contributed by atoms with Crippen LogP contribution < -0.4 is 9.62 Å². The summed E-state index contributed by atoms with van der Waals surface area (Å²) in [6.07, 6.45) is 3.28. The first-order valence-electron chi connectivity index (χ1n) is 9.80. The summed E-state index contributed by atoms with van der Waals surface area (Å²) < 4.78 is 47.3. The molecule has 0 unspecified atom stereocenters. The van der Waals surface area contributed by atoms with Gasteiger partial charge in [0.2, 0.25) is 10.0 Å². The number of para-hydroxylation sites is 1. The number of rotatable bonds is 8. The Morgan fingerprint density at radius 2 is 1.93 bits per heavy atom. The SMILES string of the molecule is Cc1noc(/C=C/N(C)C)c1S(=O)(=O)NCCN1CCN(c2ccccc2F)CC1. The van der Waals surface area contributed by atoms with Gasteiger partial charge in [0.15, 0.2) is 10.7 Å². The van der Waals surface area contributed by atoms with Crippen molar-refractivity contribution in [2.45, 2.75) is 11.8 Å². The predicted molar refractivity (Wildman–Crippen MR) is 114 cm³/mol. The number of aryl methyl sites for hydroxylation is 1. The van der Waals surface area contributed by atoms with Crippen LogP contribution in [0.5, 0.6) is 0 Å². The van der Waals surface area contributed by atoms with Gasteiger partial charge in [0.1, 0.15) is 11.5 Å². The second kappa shape index (κ2) is 9.59. The maximum atomic E-state index is 14.0. The van der Waals surface area contributed by atoms with Crippen molar-refractivity contribution >= 4 is 21.8 Å². The standard InChI is InChI=1S/C20H28FN5O3S/c1-16-20(19(29-23-16)8-10-24(2)3)30(27,28)22-9-11-25-12-14-26(15-13-25)18-7-5-4-6-17(18)21/h4-8,10,22H,9,11-15H2,1-3H3/b10-8+. The number of piperazine rings is 1. The first-order valence-corrected chi connectivity index (χ1v) is 11.3. The van der Waals surface area contributed by atoms with Gasteiger partial charge in [0.05, 0.1) is 5.69 Å². The van der Waals surface area contributed by atoms with E-state index in [9.17, 15) is 12.8 Å². The van der Waals surface area contributed by atoms with Gasteiger partial charge in [-0.25, -0.2) is 17.5 Å². The van der Waals surface area contributed by atoms with Crippen molar-refractivity contribution in [3.05, 3.63) is 47.7 Å². The lowest BCUT2D eigenvalue weighted by atomic mass is 10.2. The van der Waals surface area contributed by atoms with E-state index >= 15 is 0 Å². The molecule has 1 aromatic carbocycles. The van der Waals surface area contributed by atoms with Gasteiger partial charge in [-0.05, 0) is 19.1 Å². The van der Waals surface area contributed by atoms with E-state index in [1.165, 1.54) is 6.07 Å². The van der Waals surface area contributed by atoms with E-state index in [1.54, 1.807) is 36.2 Å². The van der Waals surface area contributed by atoms with E-state index in [0.717, 1.165) is 13.1 Å². The van der Waals surface area contributed by atoms with Gasteiger partial charge >= 0.3 is 0 Å². The number of nitrogens with zero attached hydrogens (tertiary/aromatic N) is 4. The summed E-state index contributed by atoms with van der Waals surface area (Å²) in [4.78, 5) is 6.01. The minimum Gasteiger partial charge on any atom is -0.383 e. The molecule has 0 saturated carbocycles. The predicted octanol–water partition coefficient (Wildman–Crippen LogP) is 1.75. The Balaban J connectivity index is 1.54. The largest absolute Gasteiger partial charge is 0.383 e. The number of sulfonamides is 1. The van der Waals surface area contributed by atoms with Crippen LogP contribution in [0.2, 0.25) is 0 Å². The zero-order valence-electron chi connectivity index (χ0n) is 17.5. The number of hydrogen-bond donors (Lipinski definition) is 1. The highest BCUT2D eigenvalue weighted by atomic mass is 32.2. The molecule has 8 nitrogen and oxygen atoms in total. The third-order valence-corrected chi connectivity index (χ3v) is 6.53. The van der Waals surface area contributed by atoms with Gasteiger partial charge < -0.3 is 14.3 Å². The van der Waals surface area contributed by atoms with Crippen molar-refractivity contribution in [2.75, 3.05) is 58.3 Å². The fourth-order valence-corrected chi connectivity index (χ4v) is 4.66. The van der Waals surface area contributed by atoms with E-state index in [4.69, 9.17) is 4.52 Å². The molecular weight excluding hydrogens is 409 g/mol. The molecule has 3 rings (SSSR count). The highest BCUT2D eigenvalue weighted by Gasteiger charge is 2.25. The second-order valence-electron chi connectivity index (χ2n) is 7.42. The molecule has 0 amide bonds. The second-order valence-corrected chi connectivity index (χ2v) is 9.12. The van der Waals surface area contributed by atoms with Crippen molar-refractivity contribution in [3.8, 4) is 0 Å². The average Bonchev–Trinajstić information content (AvgIpc) is 3.09. The Morgan fingerprint density at radius 3 is 2.60 bits per heavy atom. The molecule has 10 heteroatoms. The van der Waals surface area contributed by atoms with E-state index in [-0.39, 0.29) is 23.0 Å². The minimum absolute atomic E-state index is 0.0602. The number of halogens is 1. The van der Waals surface area contributed by atoms with Gasteiger partial charge in [-0.3, -0.25) is 4.90 Å². The fourth-order valence-electron chi connectivity index (χ4n) is 3.36. The lowest BCUT2D eigenvalue weighted by Crippen LogP contribution is -2.48. The Bertz CT molecular complexity index is 982. The van der Waals surface area contributed by atoms with Crippen LogP contribution >= 0.6 is 0 Å². The summed E-state index contributed by atoms with van der Waals surface area (Å²) >= 11 is 0. The van der Waals surface area contributed by atoms with Crippen molar-refractivity contribution in [1.29, 1.82) is 0 Å². The molecule has 2 aromatic rings. The number of hydrogen-bond acceptors (Lipinski definition) is 7. The molecule has 164 valence electrons. The van der Waals surface area contributed by atoms with E-state index < -0.39 is 10.0 Å². The van der Waals surface area contributed by atoms with Gasteiger partial charge in [0.25, 0.3) is 0 Å². The molecule has 0 spiro atoms. The summed E-state index contributed by atoms with van der Waals surface area (Å²) in [5.74, 6) is -0.0193. The molecule has 30 heavy (non-hydrogen) atoms. The van der Waals surface area contributed by atoms with Crippen LogP contribution in [0.1, 0.15) is 11.5 Å². The quantitative estimate of drug-likeness (QED) is 0.674. The fraction of sp³-hybridized carbons (Fsp3) is 0.450. The topological polar surface area (TPSA) is 81.9 Å². The van der Waals surface area contributed by atoms with E-state index in [2.05, 4.69) is 14.8 Å². The molecule has 1 aliphatic rings. The summed E-state index contributed by atoms with van der Waals surface area (Å²) in [7, 11) is -0.0862. The van der Waals surface area contributed by atoms with Gasteiger partial charge in [0, 0.05) is 65.6 Å². The third kappa shape index (κ3) is 5.38. The molecule has 1 aromatic heterocycles. The molecule has 0 atom stereocenters. The maximum absolute atomic E-state index is 14.0. The van der Waals surface area contributed by atoms with E-state index in [0.29, 0.717) is 31.0 Å². The highest BCUT2D eigenvalue weighted by Crippen LogP contribution is 2.22. The molecular formula is C20H28FN5O3S. The molecule has 1 saturated heterocycles. The molecule has 1 fully saturated rings. The van der Waals surface area contributed by atoms with Crippen LogP contribution in [0.4, 0.5) is 10.1 Å². The zero-order valence-corrected chi connectivity index (χ0v) is 18.3.